The standard InChI is InChI=1S/C20H21O8P/c1-3-20(4-2,29(24,25)26)28-13-10-14(21)16-15(11-13)27-19(18(23)17(16)22)12-8-6-5-7-9-12/h5-11,21,23H,3-4H2,1-2H3,(H2,24,25,26). The first-order valence-corrected chi connectivity index (χ1v) is 10.6. The fraction of sp³-hybridized carbons (Fsp3) is 0.250. The molecule has 0 aliphatic carbocycles. The van der Waals surface area contributed by atoms with E-state index in [1.54, 1.807) is 44.2 Å². The summed E-state index contributed by atoms with van der Waals surface area (Å²) in [6.07, 6.45) is 0.0305. The summed E-state index contributed by atoms with van der Waals surface area (Å²) in [6, 6.07) is 10.8. The molecule has 2 aromatic carbocycles. The number of fused-ring (bicyclic) bond motifs is 1. The van der Waals surface area contributed by atoms with Crippen LogP contribution < -0.4 is 10.2 Å². The minimum absolute atomic E-state index is 0.0152. The third-order valence-corrected chi connectivity index (χ3v) is 6.69. The molecule has 0 radical (unpaired) electrons. The van der Waals surface area contributed by atoms with Crippen molar-refractivity contribution in [2.24, 2.45) is 0 Å². The molecule has 0 atom stereocenters. The van der Waals surface area contributed by atoms with Crippen molar-refractivity contribution in [3.63, 3.8) is 0 Å². The van der Waals surface area contributed by atoms with Gasteiger partial charge in [-0.2, -0.15) is 0 Å². The van der Waals surface area contributed by atoms with Gasteiger partial charge in [0.2, 0.25) is 16.5 Å². The molecular formula is C20H21O8P. The largest absolute Gasteiger partial charge is 0.507 e. The summed E-state index contributed by atoms with van der Waals surface area (Å²) in [5.41, 5.74) is -0.476. The summed E-state index contributed by atoms with van der Waals surface area (Å²) >= 11 is 0. The second kappa shape index (κ2) is 7.55. The highest BCUT2D eigenvalue weighted by atomic mass is 31.2. The molecule has 0 spiro atoms. The van der Waals surface area contributed by atoms with E-state index in [0.29, 0.717) is 5.56 Å². The lowest BCUT2D eigenvalue weighted by Crippen LogP contribution is -2.34. The molecule has 0 unspecified atom stereocenters. The highest BCUT2D eigenvalue weighted by Gasteiger charge is 2.46. The second-order valence-corrected chi connectivity index (χ2v) is 8.49. The lowest BCUT2D eigenvalue weighted by Gasteiger charge is -2.33. The van der Waals surface area contributed by atoms with Crippen molar-refractivity contribution in [1.29, 1.82) is 0 Å². The Bertz CT molecular complexity index is 1140. The first-order valence-electron chi connectivity index (χ1n) is 8.96. The molecule has 4 N–H and O–H groups in total. The lowest BCUT2D eigenvalue weighted by atomic mass is 10.1. The van der Waals surface area contributed by atoms with E-state index in [1.165, 1.54) is 6.07 Å². The van der Waals surface area contributed by atoms with E-state index in [0.717, 1.165) is 6.07 Å². The zero-order valence-corrected chi connectivity index (χ0v) is 16.7. The number of phenolic OH excluding ortho intramolecular Hbond substituents is 1. The van der Waals surface area contributed by atoms with Crippen molar-refractivity contribution in [1.82, 2.24) is 0 Å². The molecule has 0 saturated heterocycles. The number of aromatic hydroxyl groups is 2. The summed E-state index contributed by atoms with van der Waals surface area (Å²) in [7, 11) is -4.66. The molecule has 0 fully saturated rings. The number of hydrogen-bond donors (Lipinski definition) is 4. The van der Waals surface area contributed by atoms with Crippen LogP contribution in [0.25, 0.3) is 22.3 Å². The van der Waals surface area contributed by atoms with Crippen molar-refractivity contribution in [3.05, 3.63) is 52.7 Å². The van der Waals surface area contributed by atoms with E-state index in [9.17, 15) is 29.4 Å². The van der Waals surface area contributed by atoms with E-state index in [-0.39, 0.29) is 35.3 Å². The van der Waals surface area contributed by atoms with E-state index >= 15 is 0 Å². The maximum absolute atomic E-state index is 12.6. The van der Waals surface area contributed by atoms with Crippen LogP contribution in [0.1, 0.15) is 26.7 Å². The van der Waals surface area contributed by atoms with Gasteiger partial charge in [-0.15, -0.1) is 0 Å². The summed E-state index contributed by atoms with van der Waals surface area (Å²) in [5.74, 6) is -1.35. The third kappa shape index (κ3) is 3.62. The molecule has 3 rings (SSSR count). The Labute approximate surface area is 166 Å². The zero-order valence-electron chi connectivity index (χ0n) is 15.8. The summed E-state index contributed by atoms with van der Waals surface area (Å²) < 4.78 is 23.3. The van der Waals surface area contributed by atoms with Crippen LogP contribution >= 0.6 is 7.60 Å². The van der Waals surface area contributed by atoms with Crippen LogP contribution in [0.3, 0.4) is 0 Å². The van der Waals surface area contributed by atoms with Gasteiger partial charge in [-0.1, -0.05) is 44.2 Å². The minimum Gasteiger partial charge on any atom is -0.507 e. The summed E-state index contributed by atoms with van der Waals surface area (Å²) in [4.78, 5) is 32.1. The number of rotatable bonds is 6. The highest BCUT2D eigenvalue weighted by Crippen LogP contribution is 2.55. The summed E-state index contributed by atoms with van der Waals surface area (Å²) in [6.45, 7) is 3.16. The average Bonchev–Trinajstić information content (AvgIpc) is 2.68. The molecule has 1 aromatic heterocycles. The van der Waals surface area contributed by atoms with E-state index in [4.69, 9.17) is 9.15 Å². The molecule has 0 amide bonds. The van der Waals surface area contributed by atoms with Gasteiger partial charge in [-0.25, -0.2) is 0 Å². The SMILES string of the molecule is CCC(CC)(Oc1cc(O)c2c(=O)c(O)c(-c3ccccc3)oc2c1)P(=O)(O)O. The van der Waals surface area contributed by atoms with Crippen molar-refractivity contribution < 1.29 is 33.7 Å². The first kappa shape index (κ1) is 20.9. The third-order valence-electron chi connectivity index (χ3n) is 4.90. The topological polar surface area (TPSA) is 137 Å². The quantitative estimate of drug-likeness (QED) is 0.440. The number of hydrogen-bond acceptors (Lipinski definition) is 6. The van der Waals surface area contributed by atoms with Gasteiger partial charge >= 0.3 is 7.60 Å². The van der Waals surface area contributed by atoms with Crippen LogP contribution in [0.5, 0.6) is 17.2 Å². The van der Waals surface area contributed by atoms with Gasteiger partial charge in [-0.3, -0.25) is 9.36 Å². The Balaban J connectivity index is 2.22. The Morgan fingerprint density at radius 3 is 2.24 bits per heavy atom. The molecule has 0 bridgehead atoms. The van der Waals surface area contributed by atoms with Crippen molar-refractivity contribution in [2.75, 3.05) is 0 Å². The molecule has 9 heteroatoms. The maximum Gasteiger partial charge on any atom is 0.368 e. The van der Waals surface area contributed by atoms with Crippen molar-refractivity contribution in [3.8, 4) is 28.6 Å². The predicted molar refractivity (Wildman–Crippen MR) is 107 cm³/mol. The van der Waals surface area contributed by atoms with Crippen LogP contribution in [0, 0.1) is 0 Å². The minimum atomic E-state index is -4.66. The van der Waals surface area contributed by atoms with E-state index in [1.807, 2.05) is 0 Å². The number of phenols is 1. The molecular weight excluding hydrogens is 399 g/mol. The maximum atomic E-state index is 12.6. The van der Waals surface area contributed by atoms with Gasteiger partial charge in [0.1, 0.15) is 22.5 Å². The molecule has 29 heavy (non-hydrogen) atoms. The lowest BCUT2D eigenvalue weighted by molar-refractivity contribution is 0.108. The van der Waals surface area contributed by atoms with Crippen molar-refractivity contribution >= 4 is 18.6 Å². The molecule has 3 aromatic rings. The second-order valence-electron chi connectivity index (χ2n) is 6.59. The van der Waals surface area contributed by atoms with Crippen LogP contribution in [0.15, 0.2) is 51.7 Å². The van der Waals surface area contributed by atoms with Crippen LogP contribution in [0.2, 0.25) is 0 Å². The predicted octanol–water partition coefficient (Wildman–Crippen LogP) is 3.94. The average molecular weight is 420 g/mol. The molecule has 0 aliphatic heterocycles. The monoisotopic (exact) mass is 420 g/mol. The van der Waals surface area contributed by atoms with E-state index in [2.05, 4.69) is 0 Å². The van der Waals surface area contributed by atoms with Crippen molar-refractivity contribution in [2.45, 2.75) is 32.0 Å². The van der Waals surface area contributed by atoms with Gasteiger partial charge in [0.05, 0.1) is 0 Å². The van der Waals surface area contributed by atoms with E-state index < -0.39 is 29.9 Å². The fourth-order valence-corrected chi connectivity index (χ4v) is 4.24. The smallest absolute Gasteiger partial charge is 0.368 e. The van der Waals surface area contributed by atoms with Crippen LogP contribution in [-0.2, 0) is 4.57 Å². The van der Waals surface area contributed by atoms with Gasteiger partial charge in [0.15, 0.2) is 5.76 Å². The normalized spacial score (nSPS) is 12.3. The first-order chi connectivity index (χ1) is 13.6. The molecule has 154 valence electrons. The Morgan fingerprint density at radius 2 is 1.69 bits per heavy atom. The zero-order chi connectivity index (χ0) is 21.4. The van der Waals surface area contributed by atoms with Crippen LogP contribution in [0.4, 0.5) is 0 Å². The highest BCUT2D eigenvalue weighted by molar-refractivity contribution is 7.53. The molecule has 8 nitrogen and oxygen atoms in total. The van der Waals surface area contributed by atoms with Gasteiger partial charge < -0.3 is 29.2 Å². The number of ether oxygens (including phenoxy) is 1. The fourth-order valence-electron chi connectivity index (χ4n) is 3.19. The Kier molecular flexibility index (Phi) is 5.45. The summed E-state index contributed by atoms with van der Waals surface area (Å²) in [5, 5.41) is 18.5. The van der Waals surface area contributed by atoms with Gasteiger partial charge in [-0.05, 0) is 12.8 Å². The number of benzene rings is 2. The van der Waals surface area contributed by atoms with Gasteiger partial charge in [0.25, 0.3) is 0 Å². The molecule has 0 aliphatic rings. The Morgan fingerprint density at radius 1 is 1.07 bits per heavy atom. The Hall–Kier alpha value is -2.80. The van der Waals surface area contributed by atoms with Crippen LogP contribution in [-0.4, -0.2) is 25.3 Å². The molecule has 0 saturated carbocycles. The van der Waals surface area contributed by atoms with Gasteiger partial charge in [0, 0.05) is 17.7 Å². The molecule has 1 heterocycles.